The Hall–Kier alpha value is -3.92. The van der Waals surface area contributed by atoms with Crippen LogP contribution in [0, 0.1) is 5.41 Å². The number of primary amides is 1. The number of nitrogen functional groups attached to an aromatic ring is 1. The largest absolute Gasteiger partial charge is 0.480 e. The van der Waals surface area contributed by atoms with Gasteiger partial charge in [-0.2, -0.15) is 0 Å². The second-order valence-corrected chi connectivity index (χ2v) is 6.95. The molecule has 0 spiro atoms. The van der Waals surface area contributed by atoms with Gasteiger partial charge in [0.15, 0.2) is 0 Å². The minimum Gasteiger partial charge on any atom is -0.480 e. The molecule has 1 fully saturated rings. The van der Waals surface area contributed by atoms with Gasteiger partial charge in [0.25, 0.3) is 5.91 Å². The number of carbonyl (C=O) groups excluding carboxylic acids is 2. The van der Waals surface area contributed by atoms with Crippen LogP contribution in [0.25, 0.3) is 0 Å². The number of hydrogen-bond acceptors (Lipinski definition) is 5. The molecule has 10 heteroatoms. The van der Waals surface area contributed by atoms with Gasteiger partial charge in [0.1, 0.15) is 12.4 Å². The van der Waals surface area contributed by atoms with Crippen molar-refractivity contribution in [3.63, 3.8) is 0 Å². The number of nitrogens with one attached hydrogen (secondary N) is 1. The van der Waals surface area contributed by atoms with Crippen LogP contribution in [-0.4, -0.2) is 59.4 Å². The number of hydrogen-bond donors (Lipinski definition) is 5. The van der Waals surface area contributed by atoms with Crippen molar-refractivity contribution in [2.75, 3.05) is 24.5 Å². The number of amidine groups is 1. The maximum Gasteiger partial charge on any atom is 0.323 e. The number of carboxylic acids is 1. The second kappa shape index (κ2) is 10.7. The molecule has 8 N–H and O–H groups in total. The van der Waals surface area contributed by atoms with Crippen LogP contribution in [0.1, 0.15) is 22.3 Å². The van der Waals surface area contributed by atoms with Crippen LogP contribution in [0.4, 0.5) is 10.5 Å². The summed E-state index contributed by atoms with van der Waals surface area (Å²) < 4.78 is 0. The van der Waals surface area contributed by atoms with Crippen LogP contribution in [0.5, 0.6) is 0 Å². The number of nitrogens with zero attached hydrogens (tertiary/aromatic N) is 2. The normalized spacial score (nSPS) is 14.9. The predicted octanol–water partition coefficient (Wildman–Crippen LogP) is 0.800. The van der Waals surface area contributed by atoms with Gasteiger partial charge < -0.3 is 27.2 Å². The molecule has 0 unspecified atom stereocenters. The summed E-state index contributed by atoms with van der Waals surface area (Å²) in [6, 6.07) is 14.6. The zero-order chi connectivity index (χ0) is 23.0. The van der Waals surface area contributed by atoms with E-state index in [0.29, 0.717) is 17.8 Å². The van der Waals surface area contributed by atoms with Crippen LogP contribution in [-0.2, 0) is 4.79 Å². The predicted molar refractivity (Wildman–Crippen MR) is 117 cm³/mol. The van der Waals surface area contributed by atoms with Crippen molar-refractivity contribution < 1.29 is 19.5 Å². The summed E-state index contributed by atoms with van der Waals surface area (Å²) in [5, 5.41) is 16.5. The van der Waals surface area contributed by atoms with Gasteiger partial charge in [-0.15, -0.1) is 0 Å². The summed E-state index contributed by atoms with van der Waals surface area (Å²) in [7, 11) is 0. The molecule has 2 aromatic carbocycles. The molecule has 0 bridgehead atoms. The molecule has 164 valence electrons. The maximum atomic E-state index is 12.6. The lowest BCUT2D eigenvalue weighted by molar-refractivity contribution is -0.135. The van der Waals surface area contributed by atoms with E-state index in [4.69, 9.17) is 27.7 Å². The Bertz CT molecular complexity index is 950. The van der Waals surface area contributed by atoms with E-state index in [9.17, 15) is 14.4 Å². The molecule has 0 saturated carbocycles. The molecule has 1 heterocycles. The van der Waals surface area contributed by atoms with Crippen LogP contribution >= 0.6 is 0 Å². The number of urea groups is 1. The fourth-order valence-corrected chi connectivity index (χ4v) is 2.99. The van der Waals surface area contributed by atoms with E-state index in [-0.39, 0.29) is 23.5 Å². The summed E-state index contributed by atoms with van der Waals surface area (Å²) in [6.07, 6.45) is 0.878. The first-order valence-electron chi connectivity index (χ1n) is 9.52. The number of carbonyl (C=O) groups is 3. The lowest BCUT2D eigenvalue weighted by Gasteiger charge is -2.21. The smallest absolute Gasteiger partial charge is 0.323 e. The molecule has 1 aliphatic rings. The van der Waals surface area contributed by atoms with Gasteiger partial charge in [0, 0.05) is 35.9 Å². The number of carboxylic acid groups (broad SMARTS) is 1. The maximum absolute atomic E-state index is 12.6. The Morgan fingerprint density at radius 3 is 2.19 bits per heavy atom. The molecule has 3 amide bonds. The van der Waals surface area contributed by atoms with Crippen molar-refractivity contribution in [3.8, 4) is 0 Å². The van der Waals surface area contributed by atoms with E-state index in [1.807, 2.05) is 0 Å². The molecular weight excluding hydrogens is 400 g/mol. The molecule has 3 rings (SSSR count). The number of anilines is 1. The summed E-state index contributed by atoms with van der Waals surface area (Å²) in [5.74, 6) is -1.73. The average Bonchev–Trinajstić information content (AvgIpc) is 3.19. The van der Waals surface area contributed by atoms with Crippen molar-refractivity contribution in [1.82, 2.24) is 4.90 Å². The first kappa shape index (κ1) is 23.4. The first-order valence-corrected chi connectivity index (χ1v) is 9.52. The summed E-state index contributed by atoms with van der Waals surface area (Å²) in [4.78, 5) is 36.8. The lowest BCUT2D eigenvalue weighted by atomic mass is 10.1. The number of nitrogens with two attached hydrogens (primary N) is 3. The number of para-hydroxylation sites is 1. The van der Waals surface area contributed by atoms with Crippen LogP contribution < -0.4 is 22.1 Å². The molecule has 1 atom stereocenters. The molecule has 10 nitrogen and oxygen atoms in total. The third-order valence-electron chi connectivity index (χ3n) is 4.56. The van der Waals surface area contributed by atoms with Gasteiger partial charge in [0.05, 0.1) is 0 Å². The Morgan fingerprint density at radius 1 is 1.06 bits per heavy atom. The van der Waals surface area contributed by atoms with Gasteiger partial charge in [-0.25, -0.2) is 4.79 Å². The molecule has 1 aliphatic heterocycles. The fourth-order valence-electron chi connectivity index (χ4n) is 2.99. The Kier molecular flexibility index (Phi) is 8.09. The van der Waals surface area contributed by atoms with Crippen LogP contribution in [0.3, 0.4) is 0 Å². The van der Waals surface area contributed by atoms with Crippen molar-refractivity contribution >= 4 is 29.4 Å². The third-order valence-corrected chi connectivity index (χ3v) is 4.56. The highest BCUT2D eigenvalue weighted by Crippen LogP contribution is 2.17. The zero-order valence-corrected chi connectivity index (χ0v) is 16.9. The summed E-state index contributed by atoms with van der Waals surface area (Å²) in [5.41, 5.74) is 17.1. The Labute approximate surface area is 179 Å². The molecule has 31 heavy (non-hydrogen) atoms. The van der Waals surface area contributed by atoms with Gasteiger partial charge >= 0.3 is 12.0 Å². The number of likely N-dealkylation sites (tertiary alicyclic amines) is 1. The third kappa shape index (κ3) is 6.82. The zero-order valence-electron chi connectivity index (χ0n) is 16.9. The SMILES string of the molecule is N=C(N)c1cccc(C(=O)N(CC(=O)O)c2ccccc2)c1.NC(=O)N1CC[C@@H](N)C1. The van der Waals surface area contributed by atoms with E-state index >= 15 is 0 Å². The monoisotopic (exact) mass is 426 g/mol. The van der Waals surface area contributed by atoms with E-state index in [1.54, 1.807) is 53.4 Å². The van der Waals surface area contributed by atoms with Gasteiger partial charge in [0.2, 0.25) is 0 Å². The molecule has 0 aliphatic carbocycles. The molecule has 0 aromatic heterocycles. The standard InChI is InChI=1S/C16H15N3O3.C5H11N3O/c17-15(18)11-5-4-6-12(9-11)16(22)19(10-14(20)21)13-7-2-1-3-8-13;6-4-1-2-8(3-4)5(7)9/h1-9H,10H2,(H3,17,18)(H,20,21);4H,1-3,6H2,(H2,7,9)/t;4-/m.1/s1. The molecule has 0 radical (unpaired) electrons. The quantitative estimate of drug-likeness (QED) is 0.348. The molecule has 2 aromatic rings. The summed E-state index contributed by atoms with van der Waals surface area (Å²) in [6.45, 7) is 0.888. The minimum atomic E-state index is -1.11. The highest BCUT2D eigenvalue weighted by molar-refractivity contribution is 6.09. The van der Waals surface area contributed by atoms with Crippen LogP contribution in [0.2, 0.25) is 0 Å². The number of rotatable bonds is 5. The average molecular weight is 426 g/mol. The first-order chi connectivity index (χ1) is 14.7. The van der Waals surface area contributed by atoms with Crippen molar-refractivity contribution in [3.05, 3.63) is 65.7 Å². The molecule has 1 saturated heterocycles. The van der Waals surface area contributed by atoms with E-state index < -0.39 is 18.4 Å². The van der Waals surface area contributed by atoms with Gasteiger partial charge in [-0.1, -0.05) is 30.3 Å². The van der Waals surface area contributed by atoms with Gasteiger partial charge in [-0.3, -0.25) is 19.9 Å². The van der Waals surface area contributed by atoms with E-state index in [0.717, 1.165) is 13.0 Å². The number of benzene rings is 2. The van der Waals surface area contributed by atoms with Crippen molar-refractivity contribution in [1.29, 1.82) is 5.41 Å². The van der Waals surface area contributed by atoms with E-state index in [2.05, 4.69) is 0 Å². The topological polar surface area (TPSA) is 180 Å². The van der Waals surface area contributed by atoms with Gasteiger partial charge in [-0.05, 0) is 30.7 Å². The lowest BCUT2D eigenvalue weighted by Crippen LogP contribution is -2.35. The van der Waals surface area contributed by atoms with Crippen molar-refractivity contribution in [2.24, 2.45) is 17.2 Å². The highest BCUT2D eigenvalue weighted by atomic mass is 16.4. The Morgan fingerprint density at radius 2 is 1.71 bits per heavy atom. The minimum absolute atomic E-state index is 0.137. The van der Waals surface area contributed by atoms with Crippen molar-refractivity contribution in [2.45, 2.75) is 12.5 Å². The number of amides is 3. The van der Waals surface area contributed by atoms with Crippen LogP contribution in [0.15, 0.2) is 54.6 Å². The molecular formula is C21H26N6O4. The highest BCUT2D eigenvalue weighted by Gasteiger charge is 2.21. The Balaban J connectivity index is 0.000000316. The second-order valence-electron chi connectivity index (χ2n) is 6.95. The number of aliphatic carboxylic acids is 1. The fraction of sp³-hybridized carbons (Fsp3) is 0.238. The van der Waals surface area contributed by atoms with E-state index in [1.165, 1.54) is 11.0 Å². The summed E-state index contributed by atoms with van der Waals surface area (Å²) >= 11 is 0.